The van der Waals surface area contributed by atoms with Crippen LogP contribution in [-0.4, -0.2) is 58.1 Å². The number of benzene rings is 1. The van der Waals surface area contributed by atoms with Crippen LogP contribution in [0.2, 0.25) is 0 Å². The van der Waals surface area contributed by atoms with E-state index < -0.39 is 32.6 Å². The molecule has 1 aromatic carbocycles. The summed E-state index contributed by atoms with van der Waals surface area (Å²) in [6, 6.07) is 11.6. The lowest BCUT2D eigenvalue weighted by Crippen LogP contribution is -2.40. The van der Waals surface area contributed by atoms with Crippen molar-refractivity contribution in [3.8, 4) is 22.9 Å². The number of aromatic nitrogens is 5. The Bertz CT molecular complexity index is 1750. The highest BCUT2D eigenvalue weighted by molar-refractivity contribution is 7.93. The van der Waals surface area contributed by atoms with Gasteiger partial charge in [0, 0.05) is 29.6 Å². The van der Waals surface area contributed by atoms with Gasteiger partial charge in [0.05, 0.1) is 55.7 Å². The van der Waals surface area contributed by atoms with E-state index >= 15 is 4.39 Å². The van der Waals surface area contributed by atoms with Gasteiger partial charge in [0.25, 0.3) is 0 Å². The highest BCUT2D eigenvalue weighted by atomic mass is 32.2. The molecule has 0 saturated heterocycles. The zero-order valence-corrected chi connectivity index (χ0v) is 26.4. The lowest BCUT2D eigenvalue weighted by atomic mass is 9.83. The second kappa shape index (κ2) is 13.2. The molecule has 1 aliphatic carbocycles. The average Bonchev–Trinajstić information content (AvgIpc) is 3.91. The molecule has 1 atom stereocenters. The van der Waals surface area contributed by atoms with Crippen LogP contribution in [0.5, 0.6) is 11.6 Å². The molecule has 13 heteroatoms. The van der Waals surface area contributed by atoms with Crippen molar-refractivity contribution in [3.05, 3.63) is 84.2 Å². The number of hydrogen-bond acceptors (Lipinski definition) is 10. The Morgan fingerprint density at radius 3 is 2.42 bits per heavy atom. The molecule has 1 unspecified atom stereocenters. The van der Waals surface area contributed by atoms with Gasteiger partial charge in [-0.1, -0.05) is 26.0 Å². The highest BCUT2D eigenvalue weighted by Crippen LogP contribution is 2.38. The molecule has 4 aromatic rings. The first-order valence-electron chi connectivity index (χ1n) is 14.7. The molecule has 0 radical (unpaired) electrons. The Morgan fingerprint density at radius 1 is 1.04 bits per heavy atom. The maximum Gasteiger partial charge on any atom is 0.240 e. The SMILES string of the molecule is CCOc1cncc(-c2ccc(CC(=O)C(F)(c3ccnc(N(Cc4ccc(OC)cc4)S(=O)(=O)C4CC4)n3)C(C)C)nc2)n1. The van der Waals surface area contributed by atoms with Crippen LogP contribution in [0, 0.1) is 5.92 Å². The number of ketones is 1. The third-order valence-corrected chi connectivity index (χ3v) is 9.77. The Kier molecular flexibility index (Phi) is 9.37. The highest BCUT2D eigenvalue weighted by Gasteiger charge is 2.46. The molecular weight excluding hydrogens is 599 g/mol. The van der Waals surface area contributed by atoms with Crippen molar-refractivity contribution in [2.45, 2.75) is 57.5 Å². The number of nitrogens with zero attached hydrogens (tertiary/aromatic N) is 6. The molecule has 1 saturated carbocycles. The third kappa shape index (κ3) is 6.93. The Labute approximate surface area is 262 Å². The summed E-state index contributed by atoms with van der Waals surface area (Å²) < 4.78 is 55.7. The number of anilines is 1. The van der Waals surface area contributed by atoms with Crippen molar-refractivity contribution < 1.29 is 27.1 Å². The van der Waals surface area contributed by atoms with E-state index in [9.17, 15) is 13.2 Å². The van der Waals surface area contributed by atoms with Crippen LogP contribution in [0.15, 0.2) is 67.3 Å². The number of carbonyl (C=O) groups is 1. The van der Waals surface area contributed by atoms with Crippen molar-refractivity contribution >= 4 is 21.8 Å². The molecular formula is C32H35FN6O5S. The molecule has 1 aliphatic rings. The fourth-order valence-electron chi connectivity index (χ4n) is 4.83. The average molecular weight is 635 g/mol. The third-order valence-electron chi connectivity index (χ3n) is 7.54. The molecule has 45 heavy (non-hydrogen) atoms. The quantitative estimate of drug-likeness (QED) is 0.189. The minimum absolute atomic E-state index is 0.0602. The van der Waals surface area contributed by atoms with Gasteiger partial charge in [0.2, 0.25) is 27.5 Å². The second-order valence-corrected chi connectivity index (χ2v) is 13.2. The zero-order valence-electron chi connectivity index (χ0n) is 25.6. The summed E-state index contributed by atoms with van der Waals surface area (Å²) in [5, 5.41) is -0.563. The normalized spacial score (nSPS) is 14.5. The molecule has 236 valence electrons. The van der Waals surface area contributed by atoms with Gasteiger partial charge >= 0.3 is 0 Å². The molecule has 3 aromatic heterocycles. The Balaban J connectivity index is 1.41. The number of halogens is 1. The summed E-state index contributed by atoms with van der Waals surface area (Å²) in [4.78, 5) is 35.1. The Hall–Kier alpha value is -4.52. The van der Waals surface area contributed by atoms with Crippen molar-refractivity contribution in [3.63, 3.8) is 0 Å². The van der Waals surface area contributed by atoms with Gasteiger partial charge in [0.1, 0.15) is 5.75 Å². The molecule has 5 rings (SSSR count). The predicted molar refractivity (Wildman–Crippen MR) is 166 cm³/mol. The van der Waals surface area contributed by atoms with E-state index in [4.69, 9.17) is 9.47 Å². The van der Waals surface area contributed by atoms with Crippen LogP contribution < -0.4 is 13.8 Å². The van der Waals surface area contributed by atoms with E-state index in [2.05, 4.69) is 24.9 Å². The van der Waals surface area contributed by atoms with Crippen LogP contribution in [0.1, 0.15) is 50.6 Å². The number of rotatable bonds is 14. The van der Waals surface area contributed by atoms with Gasteiger partial charge in [-0.05, 0) is 55.7 Å². The summed E-state index contributed by atoms with van der Waals surface area (Å²) in [5.41, 5.74) is -0.521. The number of pyridine rings is 1. The van der Waals surface area contributed by atoms with Crippen molar-refractivity contribution in [1.82, 2.24) is 24.9 Å². The summed E-state index contributed by atoms with van der Waals surface area (Å²) in [6.45, 7) is 5.39. The summed E-state index contributed by atoms with van der Waals surface area (Å²) in [5.74, 6) is -0.764. The molecule has 1 fully saturated rings. The Morgan fingerprint density at radius 2 is 1.80 bits per heavy atom. The molecule has 0 amide bonds. The molecule has 11 nitrogen and oxygen atoms in total. The van der Waals surface area contributed by atoms with Crippen LogP contribution in [-0.2, 0) is 33.5 Å². The van der Waals surface area contributed by atoms with Crippen LogP contribution >= 0.6 is 0 Å². The van der Waals surface area contributed by atoms with E-state index in [0.29, 0.717) is 53.6 Å². The predicted octanol–water partition coefficient (Wildman–Crippen LogP) is 4.87. The van der Waals surface area contributed by atoms with E-state index in [-0.39, 0.29) is 24.6 Å². The minimum Gasteiger partial charge on any atom is -0.497 e. The van der Waals surface area contributed by atoms with Crippen LogP contribution in [0.25, 0.3) is 11.3 Å². The van der Waals surface area contributed by atoms with Gasteiger partial charge in [0.15, 0.2) is 5.78 Å². The summed E-state index contributed by atoms with van der Waals surface area (Å²) >= 11 is 0. The van der Waals surface area contributed by atoms with Crippen LogP contribution in [0.4, 0.5) is 10.3 Å². The summed E-state index contributed by atoms with van der Waals surface area (Å²) in [7, 11) is -2.29. The van der Waals surface area contributed by atoms with E-state index in [1.807, 2.05) is 6.92 Å². The monoisotopic (exact) mass is 634 g/mol. The first-order valence-corrected chi connectivity index (χ1v) is 16.2. The van der Waals surface area contributed by atoms with Gasteiger partial charge in [-0.25, -0.2) is 32.1 Å². The lowest BCUT2D eigenvalue weighted by molar-refractivity contribution is -0.134. The zero-order chi connectivity index (χ0) is 32.2. The second-order valence-electron chi connectivity index (χ2n) is 11.0. The van der Waals surface area contributed by atoms with Crippen molar-refractivity contribution in [2.24, 2.45) is 5.92 Å². The van der Waals surface area contributed by atoms with E-state index in [1.165, 1.54) is 18.5 Å². The first kappa shape index (κ1) is 31.9. The van der Waals surface area contributed by atoms with Gasteiger partial charge in [-0.3, -0.25) is 14.8 Å². The molecule has 0 aliphatic heterocycles. The number of ether oxygens (including phenoxy) is 2. The maximum absolute atomic E-state index is 16.9. The largest absolute Gasteiger partial charge is 0.497 e. The number of carbonyl (C=O) groups excluding carboxylic acids is 1. The number of alkyl halides is 1. The first-order chi connectivity index (χ1) is 21.6. The number of methoxy groups -OCH3 is 1. The number of hydrogen-bond donors (Lipinski definition) is 0. The van der Waals surface area contributed by atoms with Crippen molar-refractivity contribution in [2.75, 3.05) is 18.0 Å². The van der Waals surface area contributed by atoms with Gasteiger partial charge in [-0.2, -0.15) is 0 Å². The molecule has 0 spiro atoms. The molecule has 0 N–H and O–H groups in total. The standard InChI is InChI=1S/C32H35FN6O5S/c1-5-44-30-19-34-18-27(37-30)23-8-9-24(36-17-23)16-29(40)32(33,21(2)3)28-14-15-35-31(38-28)39(45(41,42)26-12-13-26)20-22-6-10-25(43-4)11-7-22/h6-11,14-15,17-19,21,26H,5,12-13,16,20H2,1-4H3. The van der Waals surface area contributed by atoms with E-state index in [0.717, 1.165) is 4.31 Å². The maximum atomic E-state index is 16.9. The van der Waals surface area contributed by atoms with Crippen LogP contribution in [0.3, 0.4) is 0 Å². The van der Waals surface area contributed by atoms with E-state index in [1.54, 1.807) is 69.7 Å². The topological polar surface area (TPSA) is 137 Å². The summed E-state index contributed by atoms with van der Waals surface area (Å²) in [6.07, 6.45) is 6.65. The molecule has 0 bridgehead atoms. The number of sulfonamides is 1. The fourth-order valence-corrected chi connectivity index (χ4v) is 6.56. The minimum atomic E-state index is -3.84. The smallest absolute Gasteiger partial charge is 0.240 e. The molecule has 3 heterocycles. The number of Topliss-reactive ketones (excluding diaryl/α,β-unsaturated/α-hetero) is 1. The lowest BCUT2D eigenvalue weighted by Gasteiger charge is -2.29. The van der Waals surface area contributed by atoms with Crippen molar-refractivity contribution in [1.29, 1.82) is 0 Å². The van der Waals surface area contributed by atoms with Gasteiger partial charge in [-0.15, -0.1) is 0 Å². The fraction of sp³-hybridized carbons (Fsp3) is 0.375. The van der Waals surface area contributed by atoms with Gasteiger partial charge < -0.3 is 9.47 Å².